The number of aromatic nitrogens is 1. The van der Waals surface area contributed by atoms with Crippen molar-refractivity contribution in [2.24, 2.45) is 0 Å². The molecule has 0 N–H and O–H groups in total. The van der Waals surface area contributed by atoms with Crippen LogP contribution in [0, 0.1) is 0 Å². The fourth-order valence-electron chi connectivity index (χ4n) is 1.71. The molecule has 0 saturated heterocycles. The first-order valence-corrected chi connectivity index (χ1v) is 4.31. The first-order chi connectivity index (χ1) is 5.88. The minimum absolute atomic E-state index is 0.0891. The molecular weight excluding hydrogens is 150 g/mol. The zero-order chi connectivity index (χ0) is 8.39. The van der Waals surface area contributed by atoms with Crippen LogP contribution in [-0.2, 0) is 4.79 Å². The predicted octanol–water partition coefficient (Wildman–Crippen LogP) is 1.92. The summed E-state index contributed by atoms with van der Waals surface area (Å²) in [6, 6.07) is 5.75. The third kappa shape index (κ3) is 1.24. The average Bonchev–Trinajstić information content (AvgIpc) is 2.53. The minimum Gasteiger partial charge on any atom is -0.299 e. The van der Waals surface area contributed by atoms with E-state index in [4.69, 9.17) is 0 Å². The van der Waals surface area contributed by atoms with Gasteiger partial charge >= 0.3 is 0 Å². The van der Waals surface area contributed by atoms with E-state index in [-0.39, 0.29) is 5.92 Å². The van der Waals surface area contributed by atoms with Gasteiger partial charge in [0.1, 0.15) is 5.78 Å². The lowest BCUT2D eigenvalue weighted by Gasteiger charge is -2.04. The molecule has 12 heavy (non-hydrogen) atoms. The first kappa shape index (κ1) is 7.47. The van der Waals surface area contributed by atoms with Crippen molar-refractivity contribution in [3.63, 3.8) is 0 Å². The number of ketones is 1. The maximum absolute atomic E-state index is 11.3. The highest BCUT2D eigenvalue weighted by atomic mass is 16.1. The maximum atomic E-state index is 11.3. The van der Waals surface area contributed by atoms with E-state index in [1.54, 1.807) is 6.20 Å². The van der Waals surface area contributed by atoms with Gasteiger partial charge in [-0.05, 0) is 25.0 Å². The first-order valence-electron chi connectivity index (χ1n) is 4.31. The fraction of sp³-hybridized carbons (Fsp3) is 0.400. The molecule has 1 fully saturated rings. The Balaban J connectivity index is 2.25. The Morgan fingerprint density at radius 1 is 1.42 bits per heavy atom. The summed E-state index contributed by atoms with van der Waals surface area (Å²) in [4.78, 5) is 15.5. The number of Topliss-reactive ketones (excluding diaryl/α,β-unsaturated/α-hetero) is 1. The fourth-order valence-corrected chi connectivity index (χ4v) is 1.71. The molecule has 1 heterocycles. The van der Waals surface area contributed by atoms with Crippen LogP contribution in [0.3, 0.4) is 0 Å². The second-order valence-corrected chi connectivity index (χ2v) is 3.17. The van der Waals surface area contributed by atoms with E-state index in [1.807, 2.05) is 18.2 Å². The molecule has 0 spiro atoms. The second kappa shape index (κ2) is 3.05. The summed E-state index contributed by atoms with van der Waals surface area (Å²) in [5.41, 5.74) is 0.944. The monoisotopic (exact) mass is 161 g/mol. The highest BCUT2D eigenvalue weighted by Crippen LogP contribution is 2.29. The molecule has 0 aromatic carbocycles. The van der Waals surface area contributed by atoms with Crippen molar-refractivity contribution in [3.8, 4) is 0 Å². The lowest BCUT2D eigenvalue weighted by Crippen LogP contribution is -2.05. The van der Waals surface area contributed by atoms with Crippen molar-refractivity contribution < 1.29 is 4.79 Å². The SMILES string of the molecule is O=C1CCCC1c1ccccn1. The lowest BCUT2D eigenvalue weighted by molar-refractivity contribution is -0.118. The van der Waals surface area contributed by atoms with Crippen LogP contribution in [0.4, 0.5) is 0 Å². The molecule has 1 atom stereocenters. The molecule has 1 aliphatic carbocycles. The normalized spacial score (nSPS) is 23.0. The average molecular weight is 161 g/mol. The summed E-state index contributed by atoms with van der Waals surface area (Å²) >= 11 is 0. The van der Waals surface area contributed by atoms with Crippen LogP contribution in [0.15, 0.2) is 24.4 Å². The highest BCUT2D eigenvalue weighted by molar-refractivity contribution is 5.87. The topological polar surface area (TPSA) is 30.0 Å². The molecule has 1 aromatic heterocycles. The van der Waals surface area contributed by atoms with Crippen LogP contribution in [-0.4, -0.2) is 10.8 Å². The molecule has 62 valence electrons. The maximum Gasteiger partial charge on any atom is 0.141 e. The van der Waals surface area contributed by atoms with Gasteiger partial charge in [0, 0.05) is 12.6 Å². The number of carbonyl (C=O) groups excluding carboxylic acids is 1. The molecule has 0 radical (unpaired) electrons. The molecule has 0 amide bonds. The van der Waals surface area contributed by atoms with Crippen LogP contribution >= 0.6 is 0 Å². The Labute approximate surface area is 71.6 Å². The Kier molecular flexibility index (Phi) is 1.90. The molecule has 1 aromatic rings. The Morgan fingerprint density at radius 3 is 2.92 bits per heavy atom. The zero-order valence-corrected chi connectivity index (χ0v) is 6.86. The number of hydrogen-bond acceptors (Lipinski definition) is 2. The van der Waals surface area contributed by atoms with Crippen molar-refractivity contribution in [1.29, 1.82) is 0 Å². The molecule has 1 aliphatic rings. The molecule has 2 nitrogen and oxygen atoms in total. The standard InChI is InChI=1S/C10H11NO/c12-10-6-3-4-8(10)9-5-1-2-7-11-9/h1-2,5,7-8H,3-4,6H2. The van der Waals surface area contributed by atoms with Gasteiger partial charge in [-0.2, -0.15) is 0 Å². The molecule has 0 bridgehead atoms. The minimum atomic E-state index is 0.0891. The van der Waals surface area contributed by atoms with Gasteiger partial charge in [0.2, 0.25) is 0 Å². The summed E-state index contributed by atoms with van der Waals surface area (Å²) in [6.07, 6.45) is 4.50. The Bertz CT molecular complexity index is 281. The zero-order valence-electron chi connectivity index (χ0n) is 6.86. The van der Waals surface area contributed by atoms with E-state index in [0.29, 0.717) is 5.78 Å². The number of hydrogen-bond donors (Lipinski definition) is 0. The second-order valence-electron chi connectivity index (χ2n) is 3.17. The smallest absolute Gasteiger partial charge is 0.141 e. The van der Waals surface area contributed by atoms with E-state index < -0.39 is 0 Å². The van der Waals surface area contributed by atoms with Crippen LogP contribution in [0.2, 0.25) is 0 Å². The summed E-state index contributed by atoms with van der Waals surface area (Å²) in [5, 5.41) is 0. The summed E-state index contributed by atoms with van der Waals surface area (Å²) in [5.74, 6) is 0.444. The van der Waals surface area contributed by atoms with E-state index in [2.05, 4.69) is 4.98 Å². The summed E-state index contributed by atoms with van der Waals surface area (Å²) in [6.45, 7) is 0. The van der Waals surface area contributed by atoms with E-state index in [9.17, 15) is 4.79 Å². The quantitative estimate of drug-likeness (QED) is 0.629. The largest absolute Gasteiger partial charge is 0.299 e. The van der Waals surface area contributed by atoms with Gasteiger partial charge < -0.3 is 0 Å². The van der Waals surface area contributed by atoms with Gasteiger partial charge in [-0.25, -0.2) is 0 Å². The highest BCUT2D eigenvalue weighted by Gasteiger charge is 2.26. The molecule has 2 rings (SSSR count). The van der Waals surface area contributed by atoms with E-state index in [0.717, 1.165) is 25.0 Å². The van der Waals surface area contributed by atoms with Crippen LogP contribution in [0.25, 0.3) is 0 Å². The third-order valence-electron chi connectivity index (χ3n) is 2.35. The van der Waals surface area contributed by atoms with Gasteiger partial charge in [0.05, 0.1) is 11.6 Å². The predicted molar refractivity (Wildman–Crippen MR) is 45.8 cm³/mol. The molecule has 1 saturated carbocycles. The summed E-state index contributed by atoms with van der Waals surface area (Å²) in [7, 11) is 0. The van der Waals surface area contributed by atoms with Crippen LogP contribution in [0.1, 0.15) is 30.9 Å². The van der Waals surface area contributed by atoms with Crippen molar-refractivity contribution in [2.45, 2.75) is 25.2 Å². The van der Waals surface area contributed by atoms with Gasteiger partial charge in [0.15, 0.2) is 0 Å². The number of nitrogens with zero attached hydrogens (tertiary/aromatic N) is 1. The molecule has 0 aliphatic heterocycles. The van der Waals surface area contributed by atoms with E-state index >= 15 is 0 Å². The van der Waals surface area contributed by atoms with Gasteiger partial charge in [-0.15, -0.1) is 0 Å². The Hall–Kier alpha value is -1.18. The number of carbonyl (C=O) groups is 1. The summed E-state index contributed by atoms with van der Waals surface area (Å²) < 4.78 is 0. The molecular formula is C10H11NO. The molecule has 1 unspecified atom stereocenters. The van der Waals surface area contributed by atoms with Crippen molar-refractivity contribution in [3.05, 3.63) is 30.1 Å². The number of rotatable bonds is 1. The van der Waals surface area contributed by atoms with Gasteiger partial charge in [0.25, 0.3) is 0 Å². The Morgan fingerprint density at radius 2 is 2.33 bits per heavy atom. The van der Waals surface area contributed by atoms with Gasteiger partial charge in [-0.3, -0.25) is 9.78 Å². The van der Waals surface area contributed by atoms with Crippen LogP contribution < -0.4 is 0 Å². The van der Waals surface area contributed by atoms with Crippen molar-refractivity contribution >= 4 is 5.78 Å². The van der Waals surface area contributed by atoms with Crippen molar-refractivity contribution in [2.75, 3.05) is 0 Å². The lowest BCUT2D eigenvalue weighted by atomic mass is 10.0. The third-order valence-corrected chi connectivity index (χ3v) is 2.35. The van der Waals surface area contributed by atoms with Crippen LogP contribution in [0.5, 0.6) is 0 Å². The molecule has 2 heteroatoms. The van der Waals surface area contributed by atoms with E-state index in [1.165, 1.54) is 0 Å². The van der Waals surface area contributed by atoms with Gasteiger partial charge in [-0.1, -0.05) is 6.07 Å². The van der Waals surface area contributed by atoms with Crippen molar-refractivity contribution in [1.82, 2.24) is 4.98 Å². The number of pyridine rings is 1.